The van der Waals surface area contributed by atoms with Crippen molar-refractivity contribution in [1.82, 2.24) is 5.16 Å². The lowest BCUT2D eigenvalue weighted by atomic mass is 10.1. The molecule has 78 valence electrons. The molecule has 3 nitrogen and oxygen atoms in total. The molecule has 15 heavy (non-hydrogen) atoms. The summed E-state index contributed by atoms with van der Waals surface area (Å²) in [5.74, 6) is 0.329. The number of nitrogen functional groups attached to an aromatic ring is 1. The first kappa shape index (κ1) is 10.4. The molecule has 0 saturated heterocycles. The molecule has 1 aromatic heterocycles. The van der Waals surface area contributed by atoms with E-state index >= 15 is 0 Å². The Hall–Kier alpha value is -1.11. The molecule has 2 aromatic rings. The summed E-state index contributed by atoms with van der Waals surface area (Å²) in [5, 5.41) is 3.59. The second kappa shape index (κ2) is 3.80. The van der Waals surface area contributed by atoms with Crippen molar-refractivity contribution < 1.29 is 8.91 Å². The van der Waals surface area contributed by atoms with Crippen molar-refractivity contribution in [3.8, 4) is 11.3 Å². The summed E-state index contributed by atoms with van der Waals surface area (Å²) in [6.45, 7) is 1.88. The number of halogens is 2. The average molecular weight is 318 g/mol. The minimum absolute atomic E-state index is 0.284. The Balaban J connectivity index is 2.63. The second-order valence-corrected chi connectivity index (χ2v) is 4.27. The normalized spacial score (nSPS) is 10.6. The standard InChI is InChI=1S/C10H8FIN2O/c1-5-2-3-7(11)6(4-5)9-8(12)10(13)14-15-9/h2-4H,1H3,(H2,13,14). The lowest BCUT2D eigenvalue weighted by Crippen LogP contribution is -1.88. The number of aromatic nitrogens is 1. The van der Waals surface area contributed by atoms with Crippen molar-refractivity contribution in [1.29, 1.82) is 0 Å². The summed E-state index contributed by atoms with van der Waals surface area (Å²) in [5.41, 5.74) is 6.88. The van der Waals surface area contributed by atoms with Crippen LogP contribution < -0.4 is 5.73 Å². The van der Waals surface area contributed by atoms with Gasteiger partial charge in [0.15, 0.2) is 11.6 Å². The van der Waals surface area contributed by atoms with Crippen LogP contribution in [-0.2, 0) is 0 Å². The van der Waals surface area contributed by atoms with Crippen LogP contribution in [0.25, 0.3) is 11.3 Å². The molecule has 0 aliphatic heterocycles. The van der Waals surface area contributed by atoms with Gasteiger partial charge in [-0.15, -0.1) is 0 Å². The summed E-state index contributed by atoms with van der Waals surface area (Å²) in [6.07, 6.45) is 0. The maximum Gasteiger partial charge on any atom is 0.185 e. The number of benzene rings is 1. The Kier molecular flexibility index (Phi) is 2.64. The molecular weight excluding hydrogens is 310 g/mol. The molecule has 0 fully saturated rings. The van der Waals surface area contributed by atoms with E-state index in [4.69, 9.17) is 10.3 Å². The van der Waals surface area contributed by atoms with E-state index in [0.717, 1.165) is 5.56 Å². The van der Waals surface area contributed by atoms with Crippen molar-refractivity contribution in [2.75, 3.05) is 5.73 Å². The number of hydrogen-bond donors (Lipinski definition) is 1. The molecule has 0 aliphatic rings. The molecule has 0 bridgehead atoms. The van der Waals surface area contributed by atoms with Crippen LogP contribution in [0.5, 0.6) is 0 Å². The number of hydrogen-bond acceptors (Lipinski definition) is 3. The van der Waals surface area contributed by atoms with Crippen LogP contribution >= 0.6 is 22.6 Å². The molecule has 0 aliphatic carbocycles. The lowest BCUT2D eigenvalue weighted by molar-refractivity contribution is 0.433. The summed E-state index contributed by atoms with van der Waals surface area (Å²) in [6, 6.07) is 4.81. The molecule has 0 unspecified atom stereocenters. The number of nitrogens with zero attached hydrogens (tertiary/aromatic N) is 1. The smallest absolute Gasteiger partial charge is 0.185 e. The second-order valence-electron chi connectivity index (χ2n) is 3.19. The molecule has 0 atom stereocenters. The van der Waals surface area contributed by atoms with Gasteiger partial charge in [-0.25, -0.2) is 4.39 Å². The molecule has 0 saturated carbocycles. The van der Waals surface area contributed by atoms with Crippen LogP contribution in [-0.4, -0.2) is 5.16 Å². The van der Waals surface area contributed by atoms with Crippen LogP contribution in [0.15, 0.2) is 22.7 Å². The predicted molar refractivity (Wildman–Crippen MR) is 63.8 cm³/mol. The molecule has 0 radical (unpaired) electrons. The van der Waals surface area contributed by atoms with Gasteiger partial charge in [0.05, 0.1) is 5.56 Å². The van der Waals surface area contributed by atoms with Crippen LogP contribution in [0, 0.1) is 16.3 Å². The van der Waals surface area contributed by atoms with Gasteiger partial charge < -0.3 is 10.3 Å². The van der Waals surface area contributed by atoms with E-state index in [9.17, 15) is 4.39 Å². The molecule has 1 aromatic carbocycles. The minimum Gasteiger partial charge on any atom is -0.380 e. The number of anilines is 1. The van der Waals surface area contributed by atoms with Crippen LogP contribution in [0.2, 0.25) is 0 Å². The monoisotopic (exact) mass is 318 g/mol. The van der Waals surface area contributed by atoms with Crippen molar-refractivity contribution in [2.45, 2.75) is 6.92 Å². The Morgan fingerprint density at radius 3 is 2.80 bits per heavy atom. The van der Waals surface area contributed by atoms with Gasteiger partial charge in [0.25, 0.3) is 0 Å². The fourth-order valence-electron chi connectivity index (χ4n) is 1.27. The van der Waals surface area contributed by atoms with Gasteiger partial charge in [-0.3, -0.25) is 0 Å². The predicted octanol–water partition coefficient (Wildman–Crippen LogP) is 2.98. The third-order valence-corrected chi connectivity index (χ3v) is 3.07. The summed E-state index contributed by atoms with van der Waals surface area (Å²) < 4.78 is 19.1. The molecule has 0 amide bonds. The summed E-state index contributed by atoms with van der Waals surface area (Å²) in [4.78, 5) is 0. The highest BCUT2D eigenvalue weighted by Crippen LogP contribution is 2.31. The maximum atomic E-state index is 13.5. The van der Waals surface area contributed by atoms with Gasteiger partial charge in [0.2, 0.25) is 0 Å². The van der Waals surface area contributed by atoms with Crippen molar-refractivity contribution >= 4 is 28.4 Å². The largest absolute Gasteiger partial charge is 0.380 e. The zero-order chi connectivity index (χ0) is 11.0. The molecule has 5 heteroatoms. The topological polar surface area (TPSA) is 52.0 Å². The first-order valence-corrected chi connectivity index (χ1v) is 5.34. The van der Waals surface area contributed by atoms with E-state index in [1.807, 2.05) is 29.5 Å². The fourth-order valence-corrected chi connectivity index (χ4v) is 1.76. The van der Waals surface area contributed by atoms with E-state index < -0.39 is 0 Å². The number of nitrogens with two attached hydrogens (primary N) is 1. The zero-order valence-electron chi connectivity index (χ0n) is 7.92. The maximum absolute atomic E-state index is 13.5. The molecule has 0 spiro atoms. The molecule has 2 rings (SSSR count). The molecule has 1 heterocycles. The molecule has 2 N–H and O–H groups in total. The van der Waals surface area contributed by atoms with Gasteiger partial charge >= 0.3 is 0 Å². The van der Waals surface area contributed by atoms with Crippen molar-refractivity contribution in [2.24, 2.45) is 0 Å². The first-order chi connectivity index (χ1) is 7.09. The van der Waals surface area contributed by atoms with E-state index in [1.54, 1.807) is 12.1 Å². The first-order valence-electron chi connectivity index (χ1n) is 4.26. The van der Waals surface area contributed by atoms with Crippen LogP contribution in [0.3, 0.4) is 0 Å². The highest BCUT2D eigenvalue weighted by molar-refractivity contribution is 14.1. The van der Waals surface area contributed by atoms with Gasteiger partial charge in [-0.05, 0) is 41.6 Å². The van der Waals surface area contributed by atoms with Gasteiger partial charge in [0.1, 0.15) is 9.39 Å². The van der Waals surface area contributed by atoms with E-state index in [-0.39, 0.29) is 11.6 Å². The van der Waals surface area contributed by atoms with Crippen molar-refractivity contribution in [3.05, 3.63) is 33.1 Å². The summed E-state index contributed by atoms with van der Waals surface area (Å²) >= 11 is 1.98. The molecular formula is C10H8FIN2O. The van der Waals surface area contributed by atoms with E-state index in [1.165, 1.54) is 6.07 Å². The highest BCUT2D eigenvalue weighted by atomic mass is 127. The number of rotatable bonds is 1. The third-order valence-electron chi connectivity index (χ3n) is 2.03. The third kappa shape index (κ3) is 1.83. The highest BCUT2D eigenvalue weighted by Gasteiger charge is 2.16. The minimum atomic E-state index is -0.338. The SMILES string of the molecule is Cc1ccc(F)c(-c2onc(N)c2I)c1. The van der Waals surface area contributed by atoms with Gasteiger partial charge in [-0.1, -0.05) is 16.8 Å². The fraction of sp³-hybridized carbons (Fsp3) is 0.100. The van der Waals surface area contributed by atoms with Crippen LogP contribution in [0.1, 0.15) is 5.56 Å². The Morgan fingerprint density at radius 1 is 1.47 bits per heavy atom. The van der Waals surface area contributed by atoms with E-state index in [0.29, 0.717) is 14.9 Å². The number of aryl methyl sites for hydroxylation is 1. The van der Waals surface area contributed by atoms with E-state index in [2.05, 4.69) is 5.16 Å². The van der Waals surface area contributed by atoms with Crippen LogP contribution in [0.4, 0.5) is 10.2 Å². The Morgan fingerprint density at radius 2 is 2.20 bits per heavy atom. The lowest BCUT2D eigenvalue weighted by Gasteiger charge is -2.00. The Labute approximate surface area is 99.6 Å². The van der Waals surface area contributed by atoms with Gasteiger partial charge in [0, 0.05) is 0 Å². The summed E-state index contributed by atoms with van der Waals surface area (Å²) in [7, 11) is 0. The quantitative estimate of drug-likeness (QED) is 0.823. The Bertz CT molecular complexity index is 510. The average Bonchev–Trinajstić information content (AvgIpc) is 2.52. The zero-order valence-corrected chi connectivity index (χ0v) is 10.1. The van der Waals surface area contributed by atoms with Gasteiger partial charge in [-0.2, -0.15) is 0 Å². The van der Waals surface area contributed by atoms with Crippen molar-refractivity contribution in [3.63, 3.8) is 0 Å².